The molecule has 1 fully saturated rings. The van der Waals surface area contributed by atoms with Crippen LogP contribution >= 0.6 is 0 Å². The predicted molar refractivity (Wildman–Crippen MR) is 108 cm³/mol. The molecule has 0 spiro atoms. The molecule has 1 aromatic heterocycles. The number of nitrogens with one attached hydrogen (secondary N) is 1. The molecule has 0 radical (unpaired) electrons. The summed E-state index contributed by atoms with van der Waals surface area (Å²) in [6.07, 6.45) is 3.60. The van der Waals surface area contributed by atoms with E-state index in [2.05, 4.69) is 27.2 Å². The Kier molecular flexibility index (Phi) is 5.39. The first-order chi connectivity index (χ1) is 13.7. The predicted octanol–water partition coefficient (Wildman–Crippen LogP) is 3.04. The molecule has 1 saturated heterocycles. The van der Waals surface area contributed by atoms with E-state index in [1.807, 2.05) is 47.5 Å². The summed E-state index contributed by atoms with van der Waals surface area (Å²) in [5.41, 5.74) is 3.93. The summed E-state index contributed by atoms with van der Waals surface area (Å²) in [6, 6.07) is 15.9. The van der Waals surface area contributed by atoms with E-state index in [9.17, 15) is 4.79 Å². The smallest absolute Gasteiger partial charge is 0.253 e. The fraction of sp³-hybridized carbons (Fsp3) is 0.273. The van der Waals surface area contributed by atoms with Crippen molar-refractivity contribution < 1.29 is 9.53 Å². The average Bonchev–Trinajstić information content (AvgIpc) is 3.29. The van der Waals surface area contributed by atoms with Crippen molar-refractivity contribution in [3.05, 3.63) is 72.1 Å². The maximum Gasteiger partial charge on any atom is 0.253 e. The van der Waals surface area contributed by atoms with Crippen molar-refractivity contribution in [2.24, 2.45) is 0 Å². The second-order valence-electron chi connectivity index (χ2n) is 6.99. The number of amides is 1. The number of carbonyl (C=O) groups is 1. The molecule has 1 N–H and O–H groups in total. The molecule has 6 nitrogen and oxygen atoms in total. The molecule has 4 rings (SSSR count). The Labute approximate surface area is 164 Å². The first kappa shape index (κ1) is 18.3. The highest BCUT2D eigenvalue weighted by atomic mass is 16.5. The third-order valence-electron chi connectivity index (χ3n) is 5.14. The standard InChI is InChI=1S/C22H24N4O2/c1-28-21-7-2-4-17(12-21)16-25-8-10-26(11-9-25)22(27)19-6-3-5-18(13-19)20-14-23-24-15-20/h2-7,12-15H,8-11,16H2,1H3,(H,23,24). The fourth-order valence-electron chi connectivity index (χ4n) is 3.56. The van der Waals surface area contributed by atoms with E-state index in [0.29, 0.717) is 0 Å². The molecule has 0 unspecified atom stereocenters. The summed E-state index contributed by atoms with van der Waals surface area (Å²) in [5.74, 6) is 0.968. The lowest BCUT2D eigenvalue weighted by Gasteiger charge is -2.35. The van der Waals surface area contributed by atoms with Crippen molar-refractivity contribution in [2.75, 3.05) is 33.3 Å². The van der Waals surface area contributed by atoms with Gasteiger partial charge in [0.25, 0.3) is 5.91 Å². The molecule has 1 amide bonds. The maximum absolute atomic E-state index is 12.9. The molecule has 2 heterocycles. The van der Waals surface area contributed by atoms with Crippen LogP contribution in [0.15, 0.2) is 60.9 Å². The number of hydrogen-bond acceptors (Lipinski definition) is 4. The van der Waals surface area contributed by atoms with Crippen molar-refractivity contribution in [2.45, 2.75) is 6.54 Å². The average molecular weight is 376 g/mol. The van der Waals surface area contributed by atoms with E-state index in [-0.39, 0.29) is 5.91 Å². The Hall–Kier alpha value is -3.12. The number of carbonyl (C=O) groups excluding carboxylic acids is 1. The van der Waals surface area contributed by atoms with Gasteiger partial charge in [0.1, 0.15) is 5.75 Å². The van der Waals surface area contributed by atoms with E-state index in [1.165, 1.54) is 5.56 Å². The van der Waals surface area contributed by atoms with Crippen LogP contribution in [0, 0.1) is 0 Å². The highest BCUT2D eigenvalue weighted by molar-refractivity contribution is 5.95. The highest BCUT2D eigenvalue weighted by Crippen LogP contribution is 2.21. The topological polar surface area (TPSA) is 61.5 Å². The van der Waals surface area contributed by atoms with Gasteiger partial charge in [-0.15, -0.1) is 0 Å². The van der Waals surface area contributed by atoms with Crippen molar-refractivity contribution in [3.8, 4) is 16.9 Å². The fourth-order valence-corrected chi connectivity index (χ4v) is 3.56. The molecule has 1 aliphatic heterocycles. The molecule has 144 valence electrons. The quantitative estimate of drug-likeness (QED) is 0.744. The molecule has 2 aromatic carbocycles. The van der Waals surface area contributed by atoms with Crippen molar-refractivity contribution in [3.63, 3.8) is 0 Å². The second-order valence-corrected chi connectivity index (χ2v) is 6.99. The van der Waals surface area contributed by atoms with Gasteiger partial charge in [-0.3, -0.25) is 14.8 Å². The van der Waals surface area contributed by atoms with Crippen LogP contribution in [0.2, 0.25) is 0 Å². The Morgan fingerprint density at radius 3 is 2.64 bits per heavy atom. The van der Waals surface area contributed by atoms with E-state index < -0.39 is 0 Å². The van der Waals surface area contributed by atoms with Crippen molar-refractivity contribution in [1.29, 1.82) is 0 Å². The van der Waals surface area contributed by atoms with Crippen LogP contribution in [-0.2, 0) is 6.54 Å². The summed E-state index contributed by atoms with van der Waals surface area (Å²) < 4.78 is 5.30. The number of H-pyrrole nitrogens is 1. The first-order valence-corrected chi connectivity index (χ1v) is 9.47. The van der Waals surface area contributed by atoms with Crippen LogP contribution in [0.3, 0.4) is 0 Å². The molecule has 28 heavy (non-hydrogen) atoms. The molecular weight excluding hydrogens is 352 g/mol. The third-order valence-corrected chi connectivity index (χ3v) is 5.14. The van der Waals surface area contributed by atoms with Gasteiger partial charge in [-0.25, -0.2) is 0 Å². The number of piperazine rings is 1. The van der Waals surface area contributed by atoms with Crippen LogP contribution in [-0.4, -0.2) is 59.2 Å². The minimum absolute atomic E-state index is 0.0892. The Balaban J connectivity index is 1.37. The van der Waals surface area contributed by atoms with E-state index in [4.69, 9.17) is 4.74 Å². The largest absolute Gasteiger partial charge is 0.497 e. The van der Waals surface area contributed by atoms with Crippen LogP contribution in [0.1, 0.15) is 15.9 Å². The van der Waals surface area contributed by atoms with E-state index >= 15 is 0 Å². The van der Waals surface area contributed by atoms with Gasteiger partial charge in [0.05, 0.1) is 13.3 Å². The molecule has 0 atom stereocenters. The van der Waals surface area contributed by atoms with Gasteiger partial charge in [-0.1, -0.05) is 24.3 Å². The molecule has 0 aliphatic carbocycles. The lowest BCUT2D eigenvalue weighted by atomic mass is 10.1. The normalized spacial score (nSPS) is 14.8. The summed E-state index contributed by atoms with van der Waals surface area (Å²) in [4.78, 5) is 17.3. The van der Waals surface area contributed by atoms with Crippen LogP contribution in [0.4, 0.5) is 0 Å². The summed E-state index contributed by atoms with van der Waals surface area (Å²) in [6.45, 7) is 4.07. The number of hydrogen-bond donors (Lipinski definition) is 1. The number of nitrogens with zero attached hydrogens (tertiary/aromatic N) is 3. The maximum atomic E-state index is 12.9. The van der Waals surface area contributed by atoms with Crippen LogP contribution in [0.5, 0.6) is 5.75 Å². The zero-order valence-electron chi connectivity index (χ0n) is 16.0. The van der Waals surface area contributed by atoms with Gasteiger partial charge < -0.3 is 9.64 Å². The zero-order valence-corrected chi connectivity index (χ0v) is 16.0. The Morgan fingerprint density at radius 2 is 1.89 bits per heavy atom. The number of methoxy groups -OCH3 is 1. The van der Waals surface area contributed by atoms with Gasteiger partial charge in [0, 0.05) is 50.0 Å². The SMILES string of the molecule is COc1cccc(CN2CCN(C(=O)c3cccc(-c4cn[nH]c4)c3)CC2)c1. The highest BCUT2D eigenvalue weighted by Gasteiger charge is 2.22. The van der Waals surface area contributed by atoms with Gasteiger partial charge in [-0.05, 0) is 35.4 Å². The summed E-state index contributed by atoms with van der Waals surface area (Å²) in [5, 5.41) is 6.80. The van der Waals surface area contributed by atoms with Gasteiger partial charge in [0.2, 0.25) is 0 Å². The lowest BCUT2D eigenvalue weighted by Crippen LogP contribution is -2.48. The first-order valence-electron chi connectivity index (χ1n) is 9.47. The third kappa shape index (κ3) is 4.07. The van der Waals surface area contributed by atoms with Crippen LogP contribution < -0.4 is 4.74 Å². The van der Waals surface area contributed by atoms with Gasteiger partial charge in [0.15, 0.2) is 0 Å². The minimum Gasteiger partial charge on any atom is -0.497 e. The minimum atomic E-state index is 0.0892. The molecule has 6 heteroatoms. The zero-order chi connectivity index (χ0) is 19.3. The molecule has 1 aliphatic rings. The number of ether oxygens (including phenoxy) is 1. The second kappa shape index (κ2) is 8.27. The van der Waals surface area contributed by atoms with Crippen molar-refractivity contribution in [1.82, 2.24) is 20.0 Å². The Morgan fingerprint density at radius 1 is 1.07 bits per heavy atom. The van der Waals surface area contributed by atoms with Gasteiger partial charge in [-0.2, -0.15) is 5.10 Å². The monoisotopic (exact) mass is 376 g/mol. The number of rotatable bonds is 5. The summed E-state index contributed by atoms with van der Waals surface area (Å²) in [7, 11) is 1.69. The lowest BCUT2D eigenvalue weighted by molar-refractivity contribution is 0.0628. The molecular formula is C22H24N4O2. The molecule has 3 aromatic rings. The molecule has 0 bridgehead atoms. The van der Waals surface area contributed by atoms with E-state index in [0.717, 1.165) is 55.2 Å². The van der Waals surface area contributed by atoms with Crippen LogP contribution in [0.25, 0.3) is 11.1 Å². The number of aromatic nitrogens is 2. The Bertz CT molecular complexity index is 931. The van der Waals surface area contributed by atoms with Crippen molar-refractivity contribution >= 4 is 5.91 Å². The summed E-state index contributed by atoms with van der Waals surface area (Å²) >= 11 is 0. The number of aromatic amines is 1. The van der Waals surface area contributed by atoms with Gasteiger partial charge >= 0.3 is 0 Å². The number of benzene rings is 2. The molecule has 0 saturated carbocycles. The van der Waals surface area contributed by atoms with E-state index in [1.54, 1.807) is 13.3 Å².